The van der Waals surface area contributed by atoms with Crippen molar-refractivity contribution in [3.8, 4) is 0 Å². The number of ether oxygens (including phenoxy) is 1. The standard InChI is InChI=1S/C19H22N2O4S/c1-19(2)14-25-13-12-21(19)26(23,24)17-10-8-16(9-11-17)20-18(22)15-6-4-3-5-7-15/h3-11H,12-14H2,1-2H3,(H,20,22). The zero-order valence-electron chi connectivity index (χ0n) is 14.8. The molecule has 0 spiro atoms. The van der Waals surface area contributed by atoms with E-state index in [0.717, 1.165) is 0 Å². The Morgan fingerprint density at radius 2 is 1.73 bits per heavy atom. The van der Waals surface area contributed by atoms with Crippen LogP contribution in [0.1, 0.15) is 24.2 Å². The molecule has 0 atom stereocenters. The second-order valence-corrected chi connectivity index (χ2v) is 8.65. The van der Waals surface area contributed by atoms with Gasteiger partial charge in [0, 0.05) is 17.8 Å². The quantitative estimate of drug-likeness (QED) is 0.893. The fourth-order valence-electron chi connectivity index (χ4n) is 2.92. The molecule has 2 aromatic carbocycles. The van der Waals surface area contributed by atoms with Crippen molar-refractivity contribution < 1.29 is 17.9 Å². The van der Waals surface area contributed by atoms with E-state index in [4.69, 9.17) is 4.74 Å². The van der Waals surface area contributed by atoms with Crippen LogP contribution in [-0.2, 0) is 14.8 Å². The second-order valence-electron chi connectivity index (χ2n) is 6.79. The van der Waals surface area contributed by atoms with Crippen LogP contribution < -0.4 is 5.32 Å². The molecule has 1 aliphatic rings. The number of morpholine rings is 1. The lowest BCUT2D eigenvalue weighted by Gasteiger charge is -2.40. The maximum Gasteiger partial charge on any atom is 0.255 e. The largest absolute Gasteiger partial charge is 0.378 e. The molecule has 0 unspecified atom stereocenters. The molecule has 6 nitrogen and oxygen atoms in total. The predicted octanol–water partition coefficient (Wildman–Crippen LogP) is 2.74. The summed E-state index contributed by atoms with van der Waals surface area (Å²) < 4.78 is 32.8. The minimum atomic E-state index is -3.63. The van der Waals surface area contributed by atoms with E-state index in [1.165, 1.54) is 16.4 Å². The van der Waals surface area contributed by atoms with Crippen molar-refractivity contribution in [1.29, 1.82) is 0 Å². The molecule has 26 heavy (non-hydrogen) atoms. The fraction of sp³-hybridized carbons (Fsp3) is 0.316. The van der Waals surface area contributed by atoms with Crippen molar-refractivity contribution in [2.75, 3.05) is 25.1 Å². The van der Waals surface area contributed by atoms with Crippen molar-refractivity contribution in [1.82, 2.24) is 4.31 Å². The molecule has 0 aliphatic carbocycles. The number of anilines is 1. The van der Waals surface area contributed by atoms with Gasteiger partial charge in [0.05, 0.1) is 23.6 Å². The summed E-state index contributed by atoms with van der Waals surface area (Å²) >= 11 is 0. The van der Waals surface area contributed by atoms with Gasteiger partial charge in [-0.25, -0.2) is 8.42 Å². The molecule has 1 aliphatic heterocycles. The summed E-state index contributed by atoms with van der Waals surface area (Å²) in [6, 6.07) is 15.1. The van der Waals surface area contributed by atoms with E-state index in [2.05, 4.69) is 5.32 Å². The van der Waals surface area contributed by atoms with Crippen LogP contribution >= 0.6 is 0 Å². The predicted molar refractivity (Wildman–Crippen MR) is 99.6 cm³/mol. The van der Waals surface area contributed by atoms with E-state index in [1.54, 1.807) is 36.4 Å². The monoisotopic (exact) mass is 374 g/mol. The summed E-state index contributed by atoms with van der Waals surface area (Å²) in [6.07, 6.45) is 0. The van der Waals surface area contributed by atoms with Crippen LogP contribution in [-0.4, -0.2) is 43.9 Å². The number of sulfonamides is 1. The smallest absolute Gasteiger partial charge is 0.255 e. The van der Waals surface area contributed by atoms with Crippen LogP contribution in [0.2, 0.25) is 0 Å². The Morgan fingerprint density at radius 3 is 2.35 bits per heavy atom. The third-order valence-electron chi connectivity index (χ3n) is 4.31. The fourth-order valence-corrected chi connectivity index (χ4v) is 4.67. The van der Waals surface area contributed by atoms with Gasteiger partial charge >= 0.3 is 0 Å². The highest BCUT2D eigenvalue weighted by Gasteiger charge is 2.39. The molecular weight excluding hydrogens is 352 g/mol. The van der Waals surface area contributed by atoms with E-state index in [9.17, 15) is 13.2 Å². The van der Waals surface area contributed by atoms with Crippen LogP contribution in [0.15, 0.2) is 59.5 Å². The zero-order valence-corrected chi connectivity index (χ0v) is 15.6. The molecule has 7 heteroatoms. The topological polar surface area (TPSA) is 75.7 Å². The van der Waals surface area contributed by atoms with Crippen molar-refractivity contribution in [3.63, 3.8) is 0 Å². The number of nitrogens with one attached hydrogen (secondary N) is 1. The van der Waals surface area contributed by atoms with Gasteiger partial charge < -0.3 is 10.1 Å². The Morgan fingerprint density at radius 1 is 1.08 bits per heavy atom. The molecular formula is C19H22N2O4S. The highest BCUT2D eigenvalue weighted by Crippen LogP contribution is 2.28. The highest BCUT2D eigenvalue weighted by molar-refractivity contribution is 7.89. The number of carbonyl (C=O) groups is 1. The lowest BCUT2D eigenvalue weighted by molar-refractivity contribution is -0.00770. The van der Waals surface area contributed by atoms with Gasteiger partial charge in [-0.1, -0.05) is 18.2 Å². The first-order valence-corrected chi connectivity index (χ1v) is 9.82. The molecule has 1 amide bonds. The van der Waals surface area contributed by atoms with Gasteiger partial charge in [-0.3, -0.25) is 4.79 Å². The van der Waals surface area contributed by atoms with Gasteiger partial charge in [0.15, 0.2) is 0 Å². The highest BCUT2D eigenvalue weighted by atomic mass is 32.2. The molecule has 0 radical (unpaired) electrons. The lowest BCUT2D eigenvalue weighted by atomic mass is 10.1. The summed E-state index contributed by atoms with van der Waals surface area (Å²) in [4.78, 5) is 12.4. The number of nitrogens with zero attached hydrogens (tertiary/aromatic N) is 1. The number of carbonyl (C=O) groups excluding carboxylic acids is 1. The molecule has 1 N–H and O–H groups in total. The first-order valence-electron chi connectivity index (χ1n) is 8.38. The second kappa shape index (κ2) is 7.19. The summed E-state index contributed by atoms with van der Waals surface area (Å²) in [5.41, 5.74) is 0.482. The van der Waals surface area contributed by atoms with Gasteiger partial charge in [0.25, 0.3) is 5.91 Å². The molecule has 1 fully saturated rings. The number of rotatable bonds is 4. The van der Waals surface area contributed by atoms with Crippen LogP contribution in [0.3, 0.4) is 0 Å². The average Bonchev–Trinajstić information content (AvgIpc) is 2.62. The molecule has 1 heterocycles. The third-order valence-corrected chi connectivity index (χ3v) is 6.43. The van der Waals surface area contributed by atoms with Crippen LogP contribution in [0, 0.1) is 0 Å². The van der Waals surface area contributed by atoms with E-state index < -0.39 is 15.6 Å². The summed E-state index contributed by atoms with van der Waals surface area (Å²) in [5.74, 6) is -0.240. The molecule has 2 aromatic rings. The number of hydrogen-bond donors (Lipinski definition) is 1. The van der Waals surface area contributed by atoms with Crippen LogP contribution in [0.4, 0.5) is 5.69 Å². The van der Waals surface area contributed by atoms with Crippen molar-refractivity contribution in [2.24, 2.45) is 0 Å². The zero-order chi connectivity index (χ0) is 18.8. The van der Waals surface area contributed by atoms with E-state index in [0.29, 0.717) is 31.0 Å². The summed E-state index contributed by atoms with van der Waals surface area (Å²) in [7, 11) is -3.63. The Balaban J connectivity index is 1.78. The first kappa shape index (κ1) is 18.6. The van der Waals surface area contributed by atoms with Crippen LogP contribution in [0.25, 0.3) is 0 Å². The van der Waals surface area contributed by atoms with E-state index in [1.807, 2.05) is 19.9 Å². The van der Waals surface area contributed by atoms with Gasteiger partial charge in [-0.05, 0) is 50.2 Å². The van der Waals surface area contributed by atoms with Crippen molar-refractivity contribution >= 4 is 21.6 Å². The molecule has 1 saturated heterocycles. The Kier molecular flexibility index (Phi) is 5.13. The average molecular weight is 374 g/mol. The van der Waals surface area contributed by atoms with Gasteiger partial charge in [0.1, 0.15) is 0 Å². The van der Waals surface area contributed by atoms with Crippen LogP contribution in [0.5, 0.6) is 0 Å². The van der Waals surface area contributed by atoms with E-state index in [-0.39, 0.29) is 10.8 Å². The van der Waals surface area contributed by atoms with Gasteiger partial charge in [0.2, 0.25) is 10.0 Å². The Bertz CT molecular complexity index is 878. The summed E-state index contributed by atoms with van der Waals surface area (Å²) in [5, 5.41) is 2.77. The molecule has 0 bridgehead atoms. The van der Waals surface area contributed by atoms with Gasteiger partial charge in [-0.2, -0.15) is 4.31 Å². The lowest BCUT2D eigenvalue weighted by Crippen LogP contribution is -2.55. The number of hydrogen-bond acceptors (Lipinski definition) is 4. The normalized spacial score (nSPS) is 17.6. The third kappa shape index (κ3) is 3.80. The minimum absolute atomic E-state index is 0.199. The number of benzene rings is 2. The first-order chi connectivity index (χ1) is 12.3. The maximum atomic E-state index is 12.9. The van der Waals surface area contributed by atoms with Gasteiger partial charge in [-0.15, -0.1) is 0 Å². The maximum absolute atomic E-state index is 12.9. The molecule has 3 rings (SSSR count). The molecule has 138 valence electrons. The minimum Gasteiger partial charge on any atom is -0.378 e. The molecule has 0 saturated carbocycles. The number of amides is 1. The van der Waals surface area contributed by atoms with E-state index >= 15 is 0 Å². The molecule has 0 aromatic heterocycles. The Hall–Kier alpha value is -2.22. The van der Waals surface area contributed by atoms with Crippen molar-refractivity contribution in [3.05, 3.63) is 60.2 Å². The van der Waals surface area contributed by atoms with Crippen molar-refractivity contribution in [2.45, 2.75) is 24.3 Å². The summed E-state index contributed by atoms with van der Waals surface area (Å²) in [6.45, 7) is 4.75. The Labute approximate surface area is 153 Å². The SMILES string of the molecule is CC1(C)COCCN1S(=O)(=O)c1ccc(NC(=O)c2ccccc2)cc1.